The fourth-order valence-electron chi connectivity index (χ4n) is 3.02. The van der Waals surface area contributed by atoms with E-state index >= 15 is 0 Å². The number of carbonyl (C=O) groups is 2. The molecule has 8 heteroatoms. The number of hydrogen-bond donors (Lipinski definition) is 1. The van der Waals surface area contributed by atoms with Gasteiger partial charge in [-0.05, 0) is 30.7 Å². The Morgan fingerprint density at radius 1 is 1.04 bits per heavy atom. The minimum atomic E-state index is -0.866. The molecule has 1 saturated heterocycles. The van der Waals surface area contributed by atoms with Crippen LogP contribution in [-0.4, -0.2) is 47.8 Å². The Labute approximate surface area is 156 Å². The molecule has 8 nitrogen and oxygen atoms in total. The van der Waals surface area contributed by atoms with Gasteiger partial charge in [-0.3, -0.25) is 19.7 Å². The van der Waals surface area contributed by atoms with E-state index in [2.05, 4.69) is 10.2 Å². The molecule has 1 heterocycles. The van der Waals surface area contributed by atoms with E-state index in [9.17, 15) is 19.7 Å². The minimum Gasteiger partial charge on any atom is -0.368 e. The van der Waals surface area contributed by atoms with Crippen LogP contribution < -0.4 is 10.2 Å². The van der Waals surface area contributed by atoms with Crippen LogP contribution in [0.5, 0.6) is 0 Å². The molecule has 0 bridgehead atoms. The number of para-hydroxylation sites is 1. The van der Waals surface area contributed by atoms with Gasteiger partial charge in [0, 0.05) is 37.9 Å². The van der Waals surface area contributed by atoms with E-state index in [1.54, 1.807) is 13.0 Å². The summed E-state index contributed by atoms with van der Waals surface area (Å²) in [5, 5.41) is 13.5. The maximum atomic E-state index is 12.4. The van der Waals surface area contributed by atoms with Crippen molar-refractivity contribution in [2.45, 2.75) is 6.92 Å². The van der Waals surface area contributed by atoms with Crippen LogP contribution in [-0.2, 0) is 9.59 Å². The molecule has 0 aromatic heterocycles. The van der Waals surface area contributed by atoms with Crippen molar-refractivity contribution in [1.29, 1.82) is 0 Å². The number of rotatable bonds is 3. The van der Waals surface area contributed by atoms with Crippen molar-refractivity contribution < 1.29 is 14.5 Å². The first-order chi connectivity index (χ1) is 13.0. The minimum absolute atomic E-state index is 0.0203. The summed E-state index contributed by atoms with van der Waals surface area (Å²) in [6.45, 7) is 3.78. The molecule has 0 unspecified atom stereocenters. The summed E-state index contributed by atoms with van der Waals surface area (Å²) in [5.74, 6) is -1.55. The second kappa shape index (κ2) is 7.86. The Morgan fingerprint density at radius 3 is 2.33 bits per heavy atom. The first-order valence-corrected chi connectivity index (χ1v) is 8.61. The van der Waals surface area contributed by atoms with Crippen molar-refractivity contribution in [1.82, 2.24) is 4.90 Å². The maximum Gasteiger partial charge on any atom is 0.314 e. The van der Waals surface area contributed by atoms with E-state index in [4.69, 9.17) is 0 Å². The number of nitro benzene ring substituents is 1. The van der Waals surface area contributed by atoms with E-state index in [0.29, 0.717) is 31.7 Å². The van der Waals surface area contributed by atoms with Gasteiger partial charge in [-0.2, -0.15) is 0 Å². The Kier molecular flexibility index (Phi) is 5.35. The van der Waals surface area contributed by atoms with Gasteiger partial charge in [0.05, 0.1) is 4.92 Å². The number of nitrogens with one attached hydrogen (secondary N) is 1. The number of anilines is 2. The smallest absolute Gasteiger partial charge is 0.314 e. The first-order valence-electron chi connectivity index (χ1n) is 8.61. The Hall–Kier alpha value is -3.42. The number of carbonyl (C=O) groups excluding carboxylic acids is 2. The molecule has 1 aliphatic heterocycles. The van der Waals surface area contributed by atoms with Gasteiger partial charge in [-0.1, -0.05) is 24.3 Å². The normalized spacial score (nSPS) is 14.0. The monoisotopic (exact) mass is 368 g/mol. The number of aryl methyl sites for hydroxylation is 1. The van der Waals surface area contributed by atoms with Gasteiger partial charge in [0.1, 0.15) is 5.69 Å². The molecule has 1 fully saturated rings. The van der Waals surface area contributed by atoms with Gasteiger partial charge in [-0.25, -0.2) is 0 Å². The van der Waals surface area contributed by atoms with Crippen molar-refractivity contribution in [2.75, 3.05) is 36.4 Å². The van der Waals surface area contributed by atoms with Crippen LogP contribution in [0.25, 0.3) is 0 Å². The molecule has 140 valence electrons. The highest BCUT2D eigenvalue weighted by Crippen LogP contribution is 2.25. The lowest BCUT2D eigenvalue weighted by Gasteiger charge is -2.35. The summed E-state index contributed by atoms with van der Waals surface area (Å²) < 4.78 is 0. The molecule has 0 atom stereocenters. The second-order valence-corrected chi connectivity index (χ2v) is 6.35. The van der Waals surface area contributed by atoms with Crippen LogP contribution >= 0.6 is 0 Å². The third kappa shape index (κ3) is 4.22. The van der Waals surface area contributed by atoms with E-state index < -0.39 is 16.7 Å². The molecule has 27 heavy (non-hydrogen) atoms. The topological polar surface area (TPSA) is 95.8 Å². The SMILES string of the molecule is Cc1ccc(NC(=O)C(=O)N2CCN(c3ccccc3)CC2)c([N+](=O)[O-])c1. The van der Waals surface area contributed by atoms with Crippen LogP contribution in [0.15, 0.2) is 48.5 Å². The lowest BCUT2D eigenvalue weighted by atomic mass is 10.2. The molecule has 2 aromatic rings. The summed E-state index contributed by atoms with van der Waals surface area (Å²) in [4.78, 5) is 38.9. The number of hydrogen-bond acceptors (Lipinski definition) is 5. The molecule has 0 saturated carbocycles. The highest BCUT2D eigenvalue weighted by molar-refractivity contribution is 6.39. The fourth-order valence-corrected chi connectivity index (χ4v) is 3.02. The van der Waals surface area contributed by atoms with E-state index in [1.165, 1.54) is 17.0 Å². The summed E-state index contributed by atoms with van der Waals surface area (Å²) in [7, 11) is 0. The summed E-state index contributed by atoms with van der Waals surface area (Å²) in [6, 6.07) is 14.3. The van der Waals surface area contributed by atoms with E-state index in [-0.39, 0.29) is 11.4 Å². The number of piperazine rings is 1. The quantitative estimate of drug-likeness (QED) is 0.509. The summed E-state index contributed by atoms with van der Waals surface area (Å²) >= 11 is 0. The Morgan fingerprint density at radius 2 is 1.70 bits per heavy atom. The Balaban J connectivity index is 1.62. The molecule has 2 amide bonds. The third-order valence-corrected chi connectivity index (χ3v) is 4.48. The van der Waals surface area contributed by atoms with Gasteiger partial charge in [0.2, 0.25) is 0 Å². The zero-order chi connectivity index (χ0) is 19.4. The number of nitro groups is 1. The maximum absolute atomic E-state index is 12.4. The van der Waals surface area contributed by atoms with Crippen molar-refractivity contribution >= 4 is 28.9 Å². The second-order valence-electron chi connectivity index (χ2n) is 6.35. The molecule has 1 aliphatic rings. The summed E-state index contributed by atoms with van der Waals surface area (Å²) in [6.07, 6.45) is 0. The van der Waals surface area contributed by atoms with E-state index in [1.807, 2.05) is 30.3 Å². The molecule has 0 spiro atoms. The van der Waals surface area contributed by atoms with E-state index in [0.717, 1.165) is 5.69 Å². The molecule has 0 aliphatic carbocycles. The van der Waals surface area contributed by atoms with Gasteiger partial charge in [-0.15, -0.1) is 0 Å². The first kappa shape index (κ1) is 18.4. The number of amides is 2. The van der Waals surface area contributed by atoms with Crippen molar-refractivity contribution in [3.8, 4) is 0 Å². The van der Waals surface area contributed by atoms with Gasteiger partial charge in [0.15, 0.2) is 0 Å². The standard InChI is InChI=1S/C19H20N4O4/c1-14-7-8-16(17(13-14)23(26)27)20-18(24)19(25)22-11-9-21(10-12-22)15-5-3-2-4-6-15/h2-8,13H,9-12H2,1H3,(H,20,24). The van der Waals surface area contributed by atoms with Crippen molar-refractivity contribution in [3.05, 3.63) is 64.2 Å². The van der Waals surface area contributed by atoms with Gasteiger partial charge >= 0.3 is 11.8 Å². The van der Waals surface area contributed by atoms with Gasteiger partial charge < -0.3 is 15.1 Å². The molecule has 1 N–H and O–H groups in total. The van der Waals surface area contributed by atoms with Crippen LogP contribution in [0.1, 0.15) is 5.56 Å². The fraction of sp³-hybridized carbons (Fsp3) is 0.263. The largest absolute Gasteiger partial charge is 0.368 e. The van der Waals surface area contributed by atoms with Crippen LogP contribution in [0.3, 0.4) is 0 Å². The van der Waals surface area contributed by atoms with Crippen LogP contribution in [0, 0.1) is 17.0 Å². The average Bonchev–Trinajstić information content (AvgIpc) is 2.69. The predicted octanol–water partition coefficient (Wildman–Crippen LogP) is 2.19. The molecule has 3 rings (SSSR count). The molecular weight excluding hydrogens is 348 g/mol. The van der Waals surface area contributed by atoms with Crippen molar-refractivity contribution in [2.24, 2.45) is 0 Å². The van der Waals surface area contributed by atoms with Crippen LogP contribution in [0.2, 0.25) is 0 Å². The highest BCUT2D eigenvalue weighted by atomic mass is 16.6. The van der Waals surface area contributed by atoms with Crippen molar-refractivity contribution in [3.63, 3.8) is 0 Å². The predicted molar refractivity (Wildman–Crippen MR) is 102 cm³/mol. The Bertz CT molecular complexity index is 861. The molecular formula is C19H20N4O4. The average molecular weight is 368 g/mol. The molecule has 2 aromatic carbocycles. The zero-order valence-corrected chi connectivity index (χ0v) is 14.9. The zero-order valence-electron chi connectivity index (χ0n) is 14.9. The number of benzene rings is 2. The molecule has 0 radical (unpaired) electrons. The lowest BCUT2D eigenvalue weighted by Crippen LogP contribution is -2.51. The third-order valence-electron chi connectivity index (χ3n) is 4.48. The summed E-state index contributed by atoms with van der Waals surface area (Å²) in [5.41, 5.74) is 1.56. The van der Waals surface area contributed by atoms with Crippen LogP contribution in [0.4, 0.5) is 17.1 Å². The highest BCUT2D eigenvalue weighted by Gasteiger charge is 2.27. The number of nitrogens with zero attached hydrogens (tertiary/aromatic N) is 3. The van der Waals surface area contributed by atoms with Gasteiger partial charge in [0.25, 0.3) is 5.69 Å². The lowest BCUT2D eigenvalue weighted by molar-refractivity contribution is -0.384.